The van der Waals surface area contributed by atoms with Crippen LogP contribution in [-0.4, -0.2) is 28.4 Å². The first kappa shape index (κ1) is 12.5. The number of hydroxylamine groups is 2. The zero-order valence-electron chi connectivity index (χ0n) is 10.5. The molecule has 2 N–H and O–H groups in total. The molecule has 4 heteroatoms. The average molecular weight is 214 g/mol. The van der Waals surface area contributed by atoms with Crippen molar-refractivity contribution in [3.05, 3.63) is 0 Å². The zero-order valence-corrected chi connectivity index (χ0v) is 10.5. The second kappa shape index (κ2) is 3.46. The number of rotatable bonds is 0. The lowest BCUT2D eigenvalue weighted by molar-refractivity contribution is -0.175. The molecule has 0 spiro atoms. The molecule has 15 heavy (non-hydrogen) atoms. The minimum Gasteiger partial charge on any atom is -0.284 e. The van der Waals surface area contributed by atoms with Gasteiger partial charge in [-0.25, -0.2) is 5.06 Å². The van der Waals surface area contributed by atoms with Crippen LogP contribution in [-0.2, 0) is 4.79 Å². The molecule has 2 atom stereocenters. The standard InChI is InChI=1S/C11H22N2O2/c1-10(2,3)7-8(14)13(15)9(12-7)11(4,5)6/h7,9,12,15H,1-6H3. The highest BCUT2D eigenvalue weighted by Gasteiger charge is 2.48. The van der Waals surface area contributed by atoms with Crippen molar-refractivity contribution in [3.8, 4) is 0 Å². The predicted molar refractivity (Wildman–Crippen MR) is 58.3 cm³/mol. The van der Waals surface area contributed by atoms with Crippen molar-refractivity contribution in [2.45, 2.75) is 53.8 Å². The van der Waals surface area contributed by atoms with E-state index in [9.17, 15) is 10.0 Å². The van der Waals surface area contributed by atoms with Gasteiger partial charge in [0, 0.05) is 0 Å². The maximum Gasteiger partial charge on any atom is 0.265 e. The number of hydrogen-bond donors (Lipinski definition) is 2. The van der Waals surface area contributed by atoms with E-state index in [-0.39, 0.29) is 28.9 Å². The van der Waals surface area contributed by atoms with E-state index in [1.165, 1.54) is 0 Å². The molecule has 1 amide bonds. The fraction of sp³-hybridized carbons (Fsp3) is 0.909. The van der Waals surface area contributed by atoms with Crippen molar-refractivity contribution in [2.24, 2.45) is 10.8 Å². The first-order valence-corrected chi connectivity index (χ1v) is 5.33. The van der Waals surface area contributed by atoms with Gasteiger partial charge in [-0.15, -0.1) is 0 Å². The zero-order chi connectivity index (χ0) is 12.0. The molecule has 0 aromatic heterocycles. The molecule has 2 unspecified atom stereocenters. The third-order valence-corrected chi connectivity index (χ3v) is 2.73. The van der Waals surface area contributed by atoms with Gasteiger partial charge in [-0.05, 0) is 10.8 Å². The van der Waals surface area contributed by atoms with E-state index >= 15 is 0 Å². The quantitative estimate of drug-likeness (QED) is 0.602. The fourth-order valence-corrected chi connectivity index (χ4v) is 1.80. The van der Waals surface area contributed by atoms with Gasteiger partial charge < -0.3 is 0 Å². The van der Waals surface area contributed by atoms with E-state index in [1.807, 2.05) is 41.5 Å². The summed E-state index contributed by atoms with van der Waals surface area (Å²) in [6.07, 6.45) is -0.311. The molecule has 1 aliphatic rings. The number of nitrogens with one attached hydrogen (secondary N) is 1. The van der Waals surface area contributed by atoms with Gasteiger partial charge in [-0.2, -0.15) is 0 Å². The van der Waals surface area contributed by atoms with E-state index in [0.717, 1.165) is 5.06 Å². The van der Waals surface area contributed by atoms with Crippen LogP contribution in [0.4, 0.5) is 0 Å². The van der Waals surface area contributed by atoms with Crippen LogP contribution in [0.3, 0.4) is 0 Å². The Morgan fingerprint density at radius 3 is 1.80 bits per heavy atom. The number of carbonyl (C=O) groups excluding carboxylic acids is 1. The van der Waals surface area contributed by atoms with Crippen LogP contribution in [0, 0.1) is 10.8 Å². The first-order chi connectivity index (χ1) is 6.55. The van der Waals surface area contributed by atoms with E-state index < -0.39 is 0 Å². The van der Waals surface area contributed by atoms with Gasteiger partial charge in [0.05, 0.1) is 6.04 Å². The molecule has 4 nitrogen and oxygen atoms in total. The lowest BCUT2D eigenvalue weighted by atomic mass is 9.86. The first-order valence-electron chi connectivity index (χ1n) is 5.33. The SMILES string of the molecule is CC(C)(C)C1NC(C(C)(C)C)N(O)C1=O. The number of nitrogens with zero attached hydrogens (tertiary/aromatic N) is 1. The van der Waals surface area contributed by atoms with Crippen LogP contribution in [0.1, 0.15) is 41.5 Å². The van der Waals surface area contributed by atoms with Crippen molar-refractivity contribution in [3.63, 3.8) is 0 Å². The summed E-state index contributed by atoms with van der Waals surface area (Å²) in [5.74, 6) is -0.234. The van der Waals surface area contributed by atoms with Crippen LogP contribution in [0.2, 0.25) is 0 Å². The van der Waals surface area contributed by atoms with Crippen LogP contribution in [0.25, 0.3) is 0 Å². The average Bonchev–Trinajstić information content (AvgIpc) is 2.26. The summed E-state index contributed by atoms with van der Waals surface area (Å²) in [5, 5.41) is 13.8. The van der Waals surface area contributed by atoms with Crippen molar-refractivity contribution in [2.75, 3.05) is 0 Å². The molecule has 1 fully saturated rings. The molecule has 1 saturated heterocycles. The fourth-order valence-electron chi connectivity index (χ4n) is 1.80. The molecule has 0 radical (unpaired) electrons. The van der Waals surface area contributed by atoms with E-state index in [2.05, 4.69) is 5.32 Å². The van der Waals surface area contributed by atoms with Crippen molar-refractivity contribution >= 4 is 5.91 Å². The second-order valence-corrected chi connectivity index (χ2v) is 6.42. The Morgan fingerprint density at radius 1 is 1.13 bits per heavy atom. The van der Waals surface area contributed by atoms with E-state index in [4.69, 9.17) is 0 Å². The van der Waals surface area contributed by atoms with Crippen molar-refractivity contribution in [1.82, 2.24) is 10.4 Å². The van der Waals surface area contributed by atoms with E-state index in [0.29, 0.717) is 0 Å². The normalized spacial score (nSPS) is 28.7. The minimum absolute atomic E-state index is 0.176. The largest absolute Gasteiger partial charge is 0.284 e. The Hall–Kier alpha value is -0.610. The molecule has 1 aliphatic heterocycles. The monoisotopic (exact) mass is 214 g/mol. The Morgan fingerprint density at radius 2 is 1.60 bits per heavy atom. The van der Waals surface area contributed by atoms with Crippen molar-refractivity contribution < 1.29 is 10.0 Å². The maximum atomic E-state index is 11.8. The molecule has 0 aliphatic carbocycles. The Bertz CT molecular complexity index is 263. The van der Waals surface area contributed by atoms with Crippen molar-refractivity contribution in [1.29, 1.82) is 0 Å². The van der Waals surface area contributed by atoms with Gasteiger partial charge in [0.1, 0.15) is 6.17 Å². The van der Waals surface area contributed by atoms with Crippen LogP contribution in [0.15, 0.2) is 0 Å². The van der Waals surface area contributed by atoms with Gasteiger partial charge in [0.2, 0.25) is 0 Å². The summed E-state index contributed by atoms with van der Waals surface area (Å²) in [6, 6.07) is -0.313. The lowest BCUT2D eigenvalue weighted by Crippen LogP contribution is -2.47. The molecular weight excluding hydrogens is 192 g/mol. The highest BCUT2D eigenvalue weighted by atomic mass is 16.5. The minimum atomic E-state index is -0.313. The van der Waals surface area contributed by atoms with Crippen LogP contribution < -0.4 is 5.32 Å². The maximum absolute atomic E-state index is 11.8. The van der Waals surface area contributed by atoms with Gasteiger partial charge in [0.15, 0.2) is 0 Å². The number of amides is 1. The van der Waals surface area contributed by atoms with Gasteiger partial charge >= 0.3 is 0 Å². The molecule has 0 bridgehead atoms. The Labute approximate surface area is 91.6 Å². The molecule has 1 rings (SSSR count). The molecule has 1 heterocycles. The van der Waals surface area contributed by atoms with E-state index in [1.54, 1.807) is 0 Å². The highest BCUT2D eigenvalue weighted by Crippen LogP contribution is 2.32. The predicted octanol–water partition coefficient (Wildman–Crippen LogP) is 1.59. The summed E-state index contributed by atoms with van der Waals surface area (Å²) in [6.45, 7) is 11.9. The molecule has 0 aromatic rings. The summed E-state index contributed by atoms with van der Waals surface area (Å²) in [7, 11) is 0. The topological polar surface area (TPSA) is 52.6 Å². The summed E-state index contributed by atoms with van der Waals surface area (Å²) < 4.78 is 0. The smallest absolute Gasteiger partial charge is 0.265 e. The Balaban J connectivity index is 2.91. The highest BCUT2D eigenvalue weighted by molar-refractivity contribution is 5.84. The molecule has 0 saturated carbocycles. The molecule has 88 valence electrons. The second-order valence-electron chi connectivity index (χ2n) is 6.42. The van der Waals surface area contributed by atoms with Crippen LogP contribution in [0.5, 0.6) is 0 Å². The van der Waals surface area contributed by atoms with Gasteiger partial charge in [-0.1, -0.05) is 41.5 Å². The summed E-state index contributed by atoms with van der Waals surface area (Å²) in [5.41, 5.74) is -0.359. The third-order valence-electron chi connectivity index (χ3n) is 2.73. The lowest BCUT2D eigenvalue weighted by Gasteiger charge is -2.31. The summed E-state index contributed by atoms with van der Waals surface area (Å²) >= 11 is 0. The molecular formula is C11H22N2O2. The molecule has 0 aromatic carbocycles. The van der Waals surface area contributed by atoms with Crippen LogP contribution >= 0.6 is 0 Å². The number of carbonyl (C=O) groups is 1. The Kier molecular flexibility index (Phi) is 2.87. The van der Waals surface area contributed by atoms with Gasteiger partial charge in [-0.3, -0.25) is 15.3 Å². The van der Waals surface area contributed by atoms with Gasteiger partial charge in [0.25, 0.3) is 5.91 Å². The number of hydrogen-bond acceptors (Lipinski definition) is 3. The third kappa shape index (κ3) is 2.32. The summed E-state index contributed by atoms with van der Waals surface area (Å²) in [4.78, 5) is 11.8.